The Bertz CT molecular complexity index is 971. The van der Waals surface area contributed by atoms with Crippen LogP contribution in [0.25, 0.3) is 0 Å². The van der Waals surface area contributed by atoms with Gasteiger partial charge in [0.2, 0.25) is 0 Å². The number of nitrogen functional groups attached to an aromatic ring is 1. The van der Waals surface area contributed by atoms with Crippen LogP contribution in [0.3, 0.4) is 0 Å². The molecule has 13 heteroatoms. The molecule has 1 aromatic heterocycles. The number of ether oxygens (including phenoxy) is 2. The molecule has 2 amide bonds. The SMILES string of the molecule is CCOC(=O)N1CCN(c2ncnc(NNC(=O)COc3ccc(Cl)cc3Cl)c2N)CC1. The fourth-order valence-corrected chi connectivity index (χ4v) is 3.42. The zero-order chi connectivity index (χ0) is 23.1. The Morgan fingerprint density at radius 3 is 2.62 bits per heavy atom. The van der Waals surface area contributed by atoms with E-state index in [4.69, 9.17) is 38.4 Å². The van der Waals surface area contributed by atoms with Crippen molar-refractivity contribution in [3.8, 4) is 5.75 Å². The highest BCUT2D eigenvalue weighted by atomic mass is 35.5. The molecule has 0 unspecified atom stereocenters. The molecule has 2 aromatic rings. The van der Waals surface area contributed by atoms with Gasteiger partial charge in [-0.15, -0.1) is 0 Å². The summed E-state index contributed by atoms with van der Waals surface area (Å²) in [5.41, 5.74) is 11.6. The maximum atomic E-state index is 12.1. The Balaban J connectivity index is 1.53. The summed E-state index contributed by atoms with van der Waals surface area (Å²) in [6, 6.07) is 4.70. The molecule has 0 bridgehead atoms. The van der Waals surface area contributed by atoms with Gasteiger partial charge < -0.3 is 25.0 Å². The summed E-state index contributed by atoms with van der Waals surface area (Å²) in [6.45, 7) is 3.82. The zero-order valence-corrected chi connectivity index (χ0v) is 18.8. The Hall–Kier alpha value is -3.18. The standard InChI is InChI=1S/C19H23Cl2N7O4/c1-2-31-19(30)28-7-5-27(6-8-28)18-16(22)17(23-11-24-18)26-25-15(29)10-32-14-4-3-12(20)9-13(14)21/h3-4,9,11H,2,5-8,10,22H2,1H3,(H,25,29)(H,23,24,26). The summed E-state index contributed by atoms with van der Waals surface area (Å²) >= 11 is 11.9. The zero-order valence-electron chi connectivity index (χ0n) is 17.3. The van der Waals surface area contributed by atoms with Gasteiger partial charge in [0.1, 0.15) is 17.8 Å². The molecule has 0 radical (unpaired) electrons. The molecule has 1 saturated heterocycles. The van der Waals surface area contributed by atoms with Crippen LogP contribution in [0.15, 0.2) is 24.5 Å². The molecule has 1 fully saturated rings. The molecular weight excluding hydrogens is 461 g/mol. The number of nitrogens with zero attached hydrogens (tertiary/aromatic N) is 4. The van der Waals surface area contributed by atoms with Crippen LogP contribution < -0.4 is 26.2 Å². The summed E-state index contributed by atoms with van der Waals surface area (Å²) in [7, 11) is 0. The minimum absolute atomic E-state index is 0.237. The number of halogens is 2. The number of piperazine rings is 1. The molecule has 0 aliphatic carbocycles. The normalized spacial score (nSPS) is 13.5. The second kappa shape index (κ2) is 10.9. The topological polar surface area (TPSA) is 135 Å². The Kier molecular flexibility index (Phi) is 8.01. The van der Waals surface area contributed by atoms with E-state index in [1.54, 1.807) is 24.0 Å². The van der Waals surface area contributed by atoms with E-state index in [0.29, 0.717) is 54.4 Å². The molecule has 1 aromatic carbocycles. The minimum Gasteiger partial charge on any atom is -0.482 e. The van der Waals surface area contributed by atoms with Crippen LogP contribution in [-0.4, -0.2) is 66.3 Å². The largest absolute Gasteiger partial charge is 0.482 e. The number of benzene rings is 1. The number of carbonyl (C=O) groups is 2. The van der Waals surface area contributed by atoms with Gasteiger partial charge in [-0.3, -0.25) is 15.6 Å². The third kappa shape index (κ3) is 5.95. The van der Waals surface area contributed by atoms with Gasteiger partial charge in [-0.25, -0.2) is 14.8 Å². The summed E-state index contributed by atoms with van der Waals surface area (Å²) < 4.78 is 10.4. The molecule has 3 rings (SSSR count). The summed E-state index contributed by atoms with van der Waals surface area (Å²) in [6.07, 6.45) is 0.997. The van der Waals surface area contributed by atoms with Crippen molar-refractivity contribution in [1.82, 2.24) is 20.3 Å². The number of amides is 2. The van der Waals surface area contributed by atoms with E-state index in [2.05, 4.69) is 20.8 Å². The van der Waals surface area contributed by atoms with Gasteiger partial charge in [-0.1, -0.05) is 23.2 Å². The van der Waals surface area contributed by atoms with Crippen molar-refractivity contribution < 1.29 is 19.1 Å². The van der Waals surface area contributed by atoms with Gasteiger partial charge in [-0.05, 0) is 25.1 Å². The van der Waals surface area contributed by atoms with E-state index < -0.39 is 5.91 Å². The molecule has 1 aliphatic heterocycles. The summed E-state index contributed by atoms with van der Waals surface area (Å²) in [4.78, 5) is 35.8. The predicted molar refractivity (Wildman–Crippen MR) is 121 cm³/mol. The Morgan fingerprint density at radius 2 is 1.94 bits per heavy atom. The lowest BCUT2D eigenvalue weighted by Gasteiger charge is -2.35. The highest BCUT2D eigenvalue weighted by molar-refractivity contribution is 6.35. The minimum atomic E-state index is -0.473. The monoisotopic (exact) mass is 483 g/mol. The number of hydrogen-bond donors (Lipinski definition) is 3. The third-order valence-corrected chi connectivity index (χ3v) is 5.07. The van der Waals surface area contributed by atoms with Crippen molar-refractivity contribution in [2.75, 3.05) is 55.5 Å². The molecule has 172 valence electrons. The smallest absolute Gasteiger partial charge is 0.409 e. The van der Waals surface area contributed by atoms with E-state index in [9.17, 15) is 9.59 Å². The van der Waals surface area contributed by atoms with Crippen molar-refractivity contribution in [2.45, 2.75) is 6.92 Å². The van der Waals surface area contributed by atoms with Gasteiger partial charge in [-0.2, -0.15) is 0 Å². The highest BCUT2D eigenvalue weighted by Gasteiger charge is 2.24. The Morgan fingerprint density at radius 1 is 1.19 bits per heavy atom. The third-order valence-electron chi connectivity index (χ3n) is 4.54. The van der Waals surface area contributed by atoms with E-state index in [-0.39, 0.29) is 24.2 Å². The second-order valence-corrected chi connectivity index (χ2v) is 7.51. The number of anilines is 3. The maximum Gasteiger partial charge on any atom is 0.409 e. The Labute approximate surface area is 194 Å². The second-order valence-electron chi connectivity index (χ2n) is 6.67. The van der Waals surface area contributed by atoms with E-state index in [1.165, 1.54) is 12.4 Å². The molecule has 1 aliphatic rings. The van der Waals surface area contributed by atoms with Gasteiger partial charge in [0.15, 0.2) is 18.2 Å². The van der Waals surface area contributed by atoms with Crippen molar-refractivity contribution in [2.24, 2.45) is 0 Å². The average Bonchev–Trinajstić information content (AvgIpc) is 2.78. The van der Waals surface area contributed by atoms with Crippen molar-refractivity contribution in [3.63, 3.8) is 0 Å². The van der Waals surface area contributed by atoms with E-state index >= 15 is 0 Å². The highest BCUT2D eigenvalue weighted by Crippen LogP contribution is 2.28. The maximum absolute atomic E-state index is 12.1. The van der Waals surface area contributed by atoms with Crippen LogP contribution in [0, 0.1) is 0 Å². The number of nitrogens with two attached hydrogens (primary N) is 1. The number of nitrogens with one attached hydrogen (secondary N) is 2. The number of rotatable bonds is 7. The van der Waals surface area contributed by atoms with Crippen LogP contribution in [0.1, 0.15) is 6.92 Å². The lowest BCUT2D eigenvalue weighted by Crippen LogP contribution is -2.49. The van der Waals surface area contributed by atoms with Gasteiger partial charge in [0.05, 0.1) is 11.6 Å². The predicted octanol–water partition coefficient (Wildman–Crippen LogP) is 2.17. The van der Waals surface area contributed by atoms with Crippen LogP contribution in [-0.2, 0) is 9.53 Å². The van der Waals surface area contributed by atoms with Crippen molar-refractivity contribution in [3.05, 3.63) is 34.6 Å². The molecule has 4 N–H and O–H groups in total. The average molecular weight is 484 g/mol. The first-order chi connectivity index (χ1) is 15.4. The number of aromatic nitrogens is 2. The lowest BCUT2D eigenvalue weighted by atomic mass is 10.3. The van der Waals surface area contributed by atoms with Gasteiger partial charge in [0, 0.05) is 31.2 Å². The van der Waals surface area contributed by atoms with E-state index in [1.807, 2.05) is 4.90 Å². The summed E-state index contributed by atoms with van der Waals surface area (Å²) in [5, 5.41) is 0.761. The molecule has 2 heterocycles. The molecule has 32 heavy (non-hydrogen) atoms. The fourth-order valence-electron chi connectivity index (χ4n) is 2.95. The van der Waals surface area contributed by atoms with Crippen molar-refractivity contribution >= 4 is 52.5 Å². The molecule has 0 saturated carbocycles. The van der Waals surface area contributed by atoms with Gasteiger partial charge >= 0.3 is 6.09 Å². The molecule has 0 atom stereocenters. The fraction of sp³-hybridized carbons (Fsp3) is 0.368. The first kappa shape index (κ1) is 23.5. The van der Waals surface area contributed by atoms with Crippen molar-refractivity contribution in [1.29, 1.82) is 0 Å². The van der Waals surface area contributed by atoms with Gasteiger partial charge in [0.25, 0.3) is 5.91 Å². The van der Waals surface area contributed by atoms with Crippen LogP contribution in [0.2, 0.25) is 10.0 Å². The van der Waals surface area contributed by atoms with E-state index in [0.717, 1.165) is 0 Å². The van der Waals surface area contributed by atoms with Crippen LogP contribution in [0.5, 0.6) is 5.75 Å². The summed E-state index contributed by atoms with van der Waals surface area (Å²) in [5.74, 6) is 0.598. The number of hydrogen-bond acceptors (Lipinski definition) is 9. The number of hydrazine groups is 1. The van der Waals surface area contributed by atoms with Crippen LogP contribution in [0.4, 0.5) is 22.1 Å². The first-order valence-electron chi connectivity index (χ1n) is 9.78. The molecule has 11 nitrogen and oxygen atoms in total. The first-order valence-corrected chi connectivity index (χ1v) is 10.5. The lowest BCUT2D eigenvalue weighted by molar-refractivity contribution is -0.122. The van der Waals surface area contributed by atoms with Crippen LogP contribution >= 0.6 is 23.2 Å². The quantitative estimate of drug-likeness (QED) is 0.506. The number of carbonyl (C=O) groups excluding carboxylic acids is 2. The molecule has 0 spiro atoms. The molecular formula is C19H23Cl2N7O4.